The van der Waals surface area contributed by atoms with Crippen molar-refractivity contribution in [2.24, 2.45) is 0 Å². The number of benzene rings is 1. The van der Waals surface area contributed by atoms with Crippen molar-refractivity contribution >= 4 is 41.9 Å². The second kappa shape index (κ2) is 6.03. The Morgan fingerprint density at radius 1 is 1.11 bits per heavy atom. The highest BCUT2D eigenvalue weighted by Crippen LogP contribution is 2.27. The Kier molecular flexibility index (Phi) is 4.86. The predicted octanol–water partition coefficient (Wildman–Crippen LogP) is 3.82. The Morgan fingerprint density at radius 2 is 1.78 bits per heavy atom. The predicted molar refractivity (Wildman–Crippen MR) is 79.0 cm³/mol. The van der Waals surface area contributed by atoms with E-state index >= 15 is 0 Å². The van der Waals surface area contributed by atoms with Crippen molar-refractivity contribution in [3.05, 3.63) is 27.1 Å². The molecule has 1 aromatic rings. The molecule has 0 bridgehead atoms. The van der Waals surface area contributed by atoms with E-state index in [1.807, 2.05) is 6.07 Å². The Bertz CT molecular complexity index is 525. The third-order valence-corrected chi connectivity index (χ3v) is 6.12. The molecule has 1 aliphatic rings. The van der Waals surface area contributed by atoms with Gasteiger partial charge in [-0.15, -0.1) is 0 Å². The van der Waals surface area contributed by atoms with E-state index in [0.29, 0.717) is 9.37 Å². The summed E-state index contributed by atoms with van der Waals surface area (Å²) in [7, 11) is -3.44. The normalized spacial score (nSPS) is 17.9. The summed E-state index contributed by atoms with van der Waals surface area (Å²) in [5.41, 5.74) is 0. The van der Waals surface area contributed by atoms with Crippen molar-refractivity contribution in [1.82, 2.24) is 4.72 Å². The smallest absolute Gasteiger partial charge is 0.208 e. The minimum atomic E-state index is -3.44. The van der Waals surface area contributed by atoms with Crippen molar-refractivity contribution in [2.45, 2.75) is 43.0 Å². The van der Waals surface area contributed by atoms with Crippen molar-refractivity contribution in [3.63, 3.8) is 0 Å². The van der Waals surface area contributed by atoms with E-state index in [9.17, 15) is 8.42 Å². The van der Waals surface area contributed by atoms with Gasteiger partial charge >= 0.3 is 0 Å². The number of rotatable bonds is 3. The van der Waals surface area contributed by atoms with Crippen LogP contribution in [0.25, 0.3) is 0 Å². The van der Waals surface area contributed by atoms with Gasteiger partial charge in [0.25, 0.3) is 0 Å². The fourth-order valence-corrected chi connectivity index (χ4v) is 4.99. The highest BCUT2D eigenvalue weighted by molar-refractivity contribution is 9.11. The number of hydrogen-bond donors (Lipinski definition) is 1. The van der Waals surface area contributed by atoms with Crippen molar-refractivity contribution < 1.29 is 8.42 Å². The maximum atomic E-state index is 12.3. The summed E-state index contributed by atoms with van der Waals surface area (Å²) in [5.74, 6) is 0. The van der Waals surface area contributed by atoms with E-state index < -0.39 is 10.0 Å². The summed E-state index contributed by atoms with van der Waals surface area (Å²) in [4.78, 5) is 0.294. The molecule has 100 valence electrons. The van der Waals surface area contributed by atoms with Gasteiger partial charge < -0.3 is 0 Å². The van der Waals surface area contributed by atoms with Crippen LogP contribution in [-0.4, -0.2) is 14.5 Å². The van der Waals surface area contributed by atoms with E-state index in [4.69, 9.17) is 0 Å². The van der Waals surface area contributed by atoms with Crippen LogP contribution in [-0.2, 0) is 10.0 Å². The average Bonchev–Trinajstić information content (AvgIpc) is 2.33. The first kappa shape index (κ1) is 14.5. The summed E-state index contributed by atoms with van der Waals surface area (Å²) >= 11 is 6.59. The zero-order valence-corrected chi connectivity index (χ0v) is 13.8. The zero-order valence-electron chi connectivity index (χ0n) is 9.83. The SMILES string of the molecule is O=S(=O)(NC1CCCCC1)c1cc(Br)ccc1Br. The molecule has 1 saturated carbocycles. The van der Waals surface area contributed by atoms with Crippen LogP contribution >= 0.6 is 31.9 Å². The van der Waals surface area contributed by atoms with Crippen LogP contribution in [0.15, 0.2) is 32.0 Å². The van der Waals surface area contributed by atoms with Gasteiger partial charge in [0.15, 0.2) is 0 Å². The van der Waals surface area contributed by atoms with Gasteiger partial charge in [-0.05, 0) is 47.0 Å². The molecule has 2 rings (SSSR count). The summed E-state index contributed by atoms with van der Waals surface area (Å²) in [6.45, 7) is 0. The topological polar surface area (TPSA) is 46.2 Å². The molecule has 3 nitrogen and oxygen atoms in total. The minimum absolute atomic E-state index is 0.0784. The summed E-state index contributed by atoms with van der Waals surface area (Å²) in [5, 5.41) is 0. The molecule has 1 N–H and O–H groups in total. The van der Waals surface area contributed by atoms with Crippen LogP contribution in [0.3, 0.4) is 0 Å². The molecule has 0 heterocycles. The maximum absolute atomic E-state index is 12.3. The van der Waals surface area contributed by atoms with E-state index in [1.54, 1.807) is 12.1 Å². The summed E-state index contributed by atoms with van der Waals surface area (Å²) in [6.07, 6.45) is 5.29. The lowest BCUT2D eigenvalue weighted by Gasteiger charge is -2.22. The first-order chi connectivity index (χ1) is 8.49. The number of nitrogens with one attached hydrogen (secondary N) is 1. The standard InChI is InChI=1S/C12H15Br2NO2S/c13-9-6-7-11(14)12(8-9)18(16,17)15-10-4-2-1-3-5-10/h6-8,10,15H,1-5H2. The Balaban J connectivity index is 2.21. The van der Waals surface area contributed by atoms with Crippen LogP contribution in [0.1, 0.15) is 32.1 Å². The van der Waals surface area contributed by atoms with Crippen LogP contribution < -0.4 is 4.72 Å². The molecule has 0 aliphatic heterocycles. The number of hydrogen-bond acceptors (Lipinski definition) is 2. The Labute approximate surface area is 125 Å². The molecule has 18 heavy (non-hydrogen) atoms. The lowest BCUT2D eigenvalue weighted by atomic mass is 9.96. The van der Waals surface area contributed by atoms with Gasteiger partial charge in [-0.1, -0.05) is 35.2 Å². The highest BCUT2D eigenvalue weighted by Gasteiger charge is 2.23. The molecule has 0 radical (unpaired) electrons. The second-order valence-corrected chi connectivity index (χ2v) is 7.98. The molecular formula is C12H15Br2NO2S. The Morgan fingerprint density at radius 3 is 2.44 bits per heavy atom. The number of halogens is 2. The molecule has 6 heteroatoms. The first-order valence-corrected chi connectivity index (χ1v) is 9.03. The fourth-order valence-electron chi connectivity index (χ4n) is 2.19. The van der Waals surface area contributed by atoms with Crippen molar-refractivity contribution in [1.29, 1.82) is 0 Å². The van der Waals surface area contributed by atoms with Crippen molar-refractivity contribution in [2.75, 3.05) is 0 Å². The molecule has 1 aromatic carbocycles. The van der Waals surface area contributed by atoms with E-state index in [-0.39, 0.29) is 6.04 Å². The van der Waals surface area contributed by atoms with E-state index in [1.165, 1.54) is 6.42 Å². The summed E-state index contributed by atoms with van der Waals surface area (Å²) in [6, 6.07) is 5.24. The molecule has 0 atom stereocenters. The molecule has 0 saturated heterocycles. The minimum Gasteiger partial charge on any atom is -0.208 e. The second-order valence-electron chi connectivity index (χ2n) is 4.53. The zero-order chi connectivity index (χ0) is 13.2. The van der Waals surface area contributed by atoms with Gasteiger partial charge in [0.2, 0.25) is 10.0 Å². The fraction of sp³-hybridized carbons (Fsp3) is 0.500. The quantitative estimate of drug-likeness (QED) is 0.843. The van der Waals surface area contributed by atoms with Gasteiger partial charge in [-0.2, -0.15) is 0 Å². The average molecular weight is 397 g/mol. The largest absolute Gasteiger partial charge is 0.241 e. The van der Waals surface area contributed by atoms with Crippen LogP contribution in [0.2, 0.25) is 0 Å². The maximum Gasteiger partial charge on any atom is 0.241 e. The van der Waals surface area contributed by atoms with Gasteiger partial charge in [0.1, 0.15) is 0 Å². The molecule has 0 spiro atoms. The Hall–Kier alpha value is 0.0900. The van der Waals surface area contributed by atoms with Gasteiger partial charge in [0.05, 0.1) is 4.90 Å². The summed E-state index contributed by atoms with van der Waals surface area (Å²) < 4.78 is 28.8. The highest BCUT2D eigenvalue weighted by atomic mass is 79.9. The monoisotopic (exact) mass is 395 g/mol. The number of sulfonamides is 1. The van der Waals surface area contributed by atoms with Crippen LogP contribution in [0.4, 0.5) is 0 Å². The third kappa shape index (κ3) is 3.56. The lowest BCUT2D eigenvalue weighted by molar-refractivity contribution is 0.412. The molecule has 1 fully saturated rings. The van der Waals surface area contributed by atoms with Crippen LogP contribution in [0, 0.1) is 0 Å². The molecule has 0 unspecified atom stereocenters. The first-order valence-electron chi connectivity index (χ1n) is 5.96. The van der Waals surface area contributed by atoms with E-state index in [0.717, 1.165) is 30.2 Å². The molecule has 1 aliphatic carbocycles. The molecule has 0 amide bonds. The molecular weight excluding hydrogens is 382 g/mol. The van der Waals surface area contributed by atoms with Crippen LogP contribution in [0.5, 0.6) is 0 Å². The van der Waals surface area contributed by atoms with Gasteiger partial charge in [-0.25, -0.2) is 13.1 Å². The lowest BCUT2D eigenvalue weighted by Crippen LogP contribution is -2.36. The van der Waals surface area contributed by atoms with Crippen molar-refractivity contribution in [3.8, 4) is 0 Å². The molecule has 0 aromatic heterocycles. The third-order valence-electron chi connectivity index (χ3n) is 3.11. The van der Waals surface area contributed by atoms with Gasteiger partial charge in [-0.3, -0.25) is 0 Å². The van der Waals surface area contributed by atoms with Gasteiger partial charge in [0, 0.05) is 15.0 Å². The van der Waals surface area contributed by atoms with E-state index in [2.05, 4.69) is 36.6 Å².